The molecule has 0 aromatic carbocycles. The Morgan fingerprint density at radius 3 is 2.81 bits per heavy atom. The number of amides is 1. The molecule has 1 unspecified atom stereocenters. The van der Waals surface area contributed by atoms with Crippen LogP contribution in [-0.4, -0.2) is 47.2 Å². The average molecular weight is 229 g/mol. The van der Waals surface area contributed by atoms with Gasteiger partial charge in [-0.15, -0.1) is 0 Å². The quantitative estimate of drug-likeness (QED) is 0.740. The van der Waals surface area contributed by atoms with Gasteiger partial charge in [-0.25, -0.2) is 9.18 Å². The van der Waals surface area contributed by atoms with Crippen molar-refractivity contribution in [3.8, 4) is 0 Å². The van der Waals surface area contributed by atoms with E-state index in [0.29, 0.717) is 18.6 Å². The fourth-order valence-corrected chi connectivity index (χ4v) is 1.87. The molecule has 1 fully saturated rings. The number of likely N-dealkylation sites (tertiary alicyclic amines) is 1. The van der Waals surface area contributed by atoms with Crippen LogP contribution in [0.3, 0.4) is 0 Å². The SMILES string of the molecule is O=C(C1=COCC1)N1CCC(F)(C(=O)O)C1. The first kappa shape index (κ1) is 10.9. The van der Waals surface area contributed by atoms with E-state index in [4.69, 9.17) is 9.84 Å². The average Bonchev–Trinajstić information content (AvgIpc) is 2.85. The first-order valence-corrected chi connectivity index (χ1v) is 5.05. The molecule has 0 radical (unpaired) electrons. The van der Waals surface area contributed by atoms with Crippen molar-refractivity contribution in [3.63, 3.8) is 0 Å². The normalized spacial score (nSPS) is 28.8. The molecule has 6 heteroatoms. The van der Waals surface area contributed by atoms with Crippen LogP contribution in [0.5, 0.6) is 0 Å². The Hall–Kier alpha value is -1.59. The van der Waals surface area contributed by atoms with Crippen LogP contribution in [0.2, 0.25) is 0 Å². The number of carbonyl (C=O) groups is 2. The van der Waals surface area contributed by atoms with E-state index in [0.717, 1.165) is 0 Å². The van der Waals surface area contributed by atoms with E-state index < -0.39 is 11.6 Å². The van der Waals surface area contributed by atoms with Crippen molar-refractivity contribution in [2.45, 2.75) is 18.5 Å². The van der Waals surface area contributed by atoms with Gasteiger partial charge in [-0.05, 0) is 0 Å². The van der Waals surface area contributed by atoms with Crippen LogP contribution in [0, 0.1) is 0 Å². The van der Waals surface area contributed by atoms with Gasteiger partial charge in [-0.1, -0.05) is 0 Å². The molecular formula is C10H12FNO4. The standard InChI is InChI=1S/C10H12FNO4/c11-10(9(14)15)2-3-12(6-10)8(13)7-1-4-16-5-7/h5H,1-4,6H2,(H,14,15). The lowest BCUT2D eigenvalue weighted by atomic mass is 10.1. The number of hydrogen-bond donors (Lipinski definition) is 1. The summed E-state index contributed by atoms with van der Waals surface area (Å²) in [5.74, 6) is -1.82. The van der Waals surface area contributed by atoms with E-state index >= 15 is 0 Å². The Kier molecular flexibility index (Phi) is 2.57. The Labute approximate surface area is 91.5 Å². The molecule has 1 saturated heterocycles. The molecule has 2 aliphatic rings. The van der Waals surface area contributed by atoms with Crippen LogP contribution in [0.15, 0.2) is 11.8 Å². The van der Waals surface area contributed by atoms with Crippen LogP contribution in [0.25, 0.3) is 0 Å². The second-order valence-electron chi connectivity index (χ2n) is 4.01. The van der Waals surface area contributed by atoms with Crippen molar-refractivity contribution in [1.82, 2.24) is 4.90 Å². The third-order valence-corrected chi connectivity index (χ3v) is 2.88. The number of rotatable bonds is 2. The largest absolute Gasteiger partial charge is 0.500 e. The van der Waals surface area contributed by atoms with Gasteiger partial charge < -0.3 is 14.7 Å². The van der Waals surface area contributed by atoms with Gasteiger partial charge in [0.15, 0.2) is 0 Å². The Balaban J connectivity index is 2.03. The molecule has 0 saturated carbocycles. The molecule has 2 heterocycles. The Morgan fingerprint density at radius 2 is 2.31 bits per heavy atom. The lowest BCUT2D eigenvalue weighted by molar-refractivity contribution is -0.150. The van der Waals surface area contributed by atoms with Gasteiger partial charge in [0.25, 0.3) is 5.91 Å². The number of nitrogens with zero attached hydrogens (tertiary/aromatic N) is 1. The minimum absolute atomic E-state index is 0.138. The number of halogens is 1. The Bertz CT molecular complexity index is 368. The van der Waals surface area contributed by atoms with E-state index in [-0.39, 0.29) is 25.4 Å². The van der Waals surface area contributed by atoms with Gasteiger partial charge in [-0.3, -0.25) is 4.79 Å². The van der Waals surface area contributed by atoms with E-state index in [1.54, 1.807) is 0 Å². The third kappa shape index (κ3) is 1.75. The van der Waals surface area contributed by atoms with Gasteiger partial charge in [-0.2, -0.15) is 0 Å². The highest BCUT2D eigenvalue weighted by atomic mass is 19.1. The molecule has 0 aromatic rings. The summed E-state index contributed by atoms with van der Waals surface area (Å²) < 4.78 is 18.6. The lowest BCUT2D eigenvalue weighted by Gasteiger charge is -2.17. The van der Waals surface area contributed by atoms with Crippen LogP contribution < -0.4 is 0 Å². The first-order valence-electron chi connectivity index (χ1n) is 5.05. The molecule has 1 atom stereocenters. The second-order valence-corrected chi connectivity index (χ2v) is 4.01. The van der Waals surface area contributed by atoms with Crippen molar-refractivity contribution in [2.75, 3.05) is 19.7 Å². The zero-order chi connectivity index (χ0) is 11.8. The van der Waals surface area contributed by atoms with Crippen LogP contribution in [0.1, 0.15) is 12.8 Å². The smallest absolute Gasteiger partial charge is 0.343 e. The number of carboxylic acid groups (broad SMARTS) is 1. The zero-order valence-electron chi connectivity index (χ0n) is 8.61. The maximum absolute atomic E-state index is 13.7. The van der Waals surface area contributed by atoms with Crippen LogP contribution >= 0.6 is 0 Å². The summed E-state index contributed by atoms with van der Waals surface area (Å²) in [4.78, 5) is 23.7. The summed E-state index contributed by atoms with van der Waals surface area (Å²) in [5.41, 5.74) is -1.81. The molecule has 5 nitrogen and oxygen atoms in total. The topological polar surface area (TPSA) is 66.8 Å². The van der Waals surface area contributed by atoms with Gasteiger partial charge in [0.1, 0.15) is 0 Å². The van der Waals surface area contributed by atoms with Crippen LogP contribution in [0.4, 0.5) is 4.39 Å². The summed E-state index contributed by atoms with van der Waals surface area (Å²) in [5, 5.41) is 8.69. The van der Waals surface area contributed by atoms with Gasteiger partial charge in [0.2, 0.25) is 5.67 Å². The highest BCUT2D eigenvalue weighted by Crippen LogP contribution is 2.28. The minimum Gasteiger partial charge on any atom is -0.500 e. The summed E-state index contributed by atoms with van der Waals surface area (Å²) in [6.45, 7) is 0.214. The molecule has 1 amide bonds. The molecule has 0 aromatic heterocycles. The fourth-order valence-electron chi connectivity index (χ4n) is 1.87. The number of aliphatic carboxylic acids is 1. The highest BCUT2D eigenvalue weighted by molar-refractivity contribution is 5.94. The van der Waals surface area contributed by atoms with Gasteiger partial charge >= 0.3 is 5.97 Å². The van der Waals surface area contributed by atoms with Crippen LogP contribution in [-0.2, 0) is 14.3 Å². The molecule has 88 valence electrons. The predicted octanol–water partition coefficient (Wildman–Crippen LogP) is 0.316. The van der Waals surface area contributed by atoms with E-state index in [9.17, 15) is 14.0 Å². The molecule has 2 rings (SSSR count). The molecule has 1 N–H and O–H groups in total. The minimum atomic E-state index is -2.30. The summed E-state index contributed by atoms with van der Waals surface area (Å²) in [6, 6.07) is 0. The maximum Gasteiger partial charge on any atom is 0.343 e. The van der Waals surface area contributed by atoms with Crippen molar-refractivity contribution in [1.29, 1.82) is 0 Å². The van der Waals surface area contributed by atoms with Crippen molar-refractivity contribution >= 4 is 11.9 Å². The maximum atomic E-state index is 13.7. The zero-order valence-corrected chi connectivity index (χ0v) is 8.61. The highest BCUT2D eigenvalue weighted by Gasteiger charge is 2.47. The molecule has 2 aliphatic heterocycles. The molecule has 16 heavy (non-hydrogen) atoms. The number of hydrogen-bond acceptors (Lipinski definition) is 3. The number of alkyl halides is 1. The molecule has 0 spiro atoms. The fraction of sp³-hybridized carbons (Fsp3) is 0.600. The summed E-state index contributed by atoms with van der Waals surface area (Å²) >= 11 is 0. The predicted molar refractivity (Wildman–Crippen MR) is 51.3 cm³/mol. The number of carbonyl (C=O) groups excluding carboxylic acids is 1. The third-order valence-electron chi connectivity index (χ3n) is 2.88. The molecule has 0 aliphatic carbocycles. The summed E-state index contributed by atoms with van der Waals surface area (Å²) in [7, 11) is 0. The van der Waals surface area contributed by atoms with Crippen molar-refractivity contribution < 1.29 is 23.8 Å². The first-order chi connectivity index (χ1) is 7.53. The van der Waals surface area contributed by atoms with Crippen molar-refractivity contribution in [3.05, 3.63) is 11.8 Å². The van der Waals surface area contributed by atoms with E-state index in [2.05, 4.69) is 0 Å². The lowest BCUT2D eigenvalue weighted by Crippen LogP contribution is -2.39. The molecular weight excluding hydrogens is 217 g/mol. The monoisotopic (exact) mass is 229 g/mol. The number of carboxylic acids is 1. The summed E-state index contributed by atoms with van der Waals surface area (Å²) in [6.07, 6.45) is 1.71. The van der Waals surface area contributed by atoms with E-state index in [1.807, 2.05) is 0 Å². The van der Waals surface area contributed by atoms with Gasteiger partial charge in [0.05, 0.1) is 25.0 Å². The molecule has 0 bridgehead atoms. The Morgan fingerprint density at radius 1 is 1.56 bits per heavy atom. The van der Waals surface area contributed by atoms with E-state index in [1.165, 1.54) is 11.2 Å². The second kappa shape index (κ2) is 3.77. The number of ether oxygens (including phenoxy) is 1. The van der Waals surface area contributed by atoms with Gasteiger partial charge in [0, 0.05) is 19.4 Å². The van der Waals surface area contributed by atoms with Crippen molar-refractivity contribution in [2.24, 2.45) is 0 Å².